The number of carbonyl (C=O) groups excluding carboxylic acids is 2. The Kier molecular flexibility index (Phi) is 11.1. The monoisotopic (exact) mass is 693 g/mol. The molecule has 0 saturated heterocycles. The summed E-state index contributed by atoms with van der Waals surface area (Å²) in [5, 5.41) is 13.9. The zero-order chi connectivity index (χ0) is 32.5. The Hall–Kier alpha value is -4.61. The molecule has 0 atom stereocenters. The van der Waals surface area contributed by atoms with E-state index in [1.165, 1.54) is 17.6 Å². The molecular weight excluding hydrogens is 669 g/mol. The van der Waals surface area contributed by atoms with Gasteiger partial charge in [-0.1, -0.05) is 59.1 Å². The van der Waals surface area contributed by atoms with E-state index >= 15 is 0 Å². The molecular formula is C33H26Cl3N5O4S. The number of rotatable bonds is 12. The van der Waals surface area contributed by atoms with Gasteiger partial charge in [0, 0.05) is 27.2 Å². The van der Waals surface area contributed by atoms with Gasteiger partial charge in [0.05, 0.1) is 34.2 Å². The summed E-state index contributed by atoms with van der Waals surface area (Å²) in [6, 6.07) is 24.5. The molecule has 46 heavy (non-hydrogen) atoms. The number of nitrogens with zero attached hydrogens (tertiary/aromatic N) is 2. The molecule has 5 aromatic rings. The molecule has 0 bridgehead atoms. The lowest BCUT2D eigenvalue weighted by atomic mass is 10.1. The van der Waals surface area contributed by atoms with Crippen LogP contribution in [-0.4, -0.2) is 36.2 Å². The number of aromatic nitrogens is 1. The van der Waals surface area contributed by atoms with Crippen LogP contribution in [0.4, 0.5) is 16.5 Å². The van der Waals surface area contributed by atoms with Crippen molar-refractivity contribution in [1.82, 2.24) is 10.4 Å². The summed E-state index contributed by atoms with van der Waals surface area (Å²) < 4.78 is 11.4. The van der Waals surface area contributed by atoms with Crippen molar-refractivity contribution in [3.8, 4) is 22.8 Å². The lowest BCUT2D eigenvalue weighted by Gasteiger charge is -2.14. The molecule has 0 saturated carbocycles. The number of hydrogen-bond donors (Lipinski definition) is 3. The Morgan fingerprint density at radius 3 is 2.43 bits per heavy atom. The normalized spacial score (nSPS) is 10.9. The number of ether oxygens (including phenoxy) is 2. The minimum Gasteiger partial charge on any atom is -0.490 e. The van der Waals surface area contributed by atoms with E-state index in [-0.39, 0.29) is 17.4 Å². The molecule has 1 aromatic heterocycles. The molecule has 0 aliphatic rings. The van der Waals surface area contributed by atoms with Crippen LogP contribution in [0.15, 0.2) is 95.4 Å². The number of halogens is 3. The van der Waals surface area contributed by atoms with Crippen molar-refractivity contribution in [2.75, 3.05) is 23.8 Å². The number of hydrogen-bond acceptors (Lipinski definition) is 8. The highest BCUT2D eigenvalue weighted by Gasteiger charge is 2.15. The van der Waals surface area contributed by atoms with E-state index in [1.807, 2.05) is 29.6 Å². The standard InChI is InChI=1S/C33H26Cl3N5O4S/c1-2-44-29-16-20(15-26(36)31(29)45-18-30(42)39-27-6-4-3-5-25(27)35)17-37-41-32(43)22-9-7-21(8-10-22)28-19-46-33(40-28)38-24-13-11-23(34)12-14-24/h3-17,19H,2,18H2,1H3,(H,38,40)(H,39,42)(H,41,43)/b37-17-. The van der Waals surface area contributed by atoms with Crippen LogP contribution in [0.25, 0.3) is 11.3 Å². The number of hydrazone groups is 1. The van der Waals surface area contributed by atoms with Crippen molar-refractivity contribution in [2.45, 2.75) is 6.92 Å². The number of para-hydroxylation sites is 1. The summed E-state index contributed by atoms with van der Waals surface area (Å²) in [7, 11) is 0. The third-order valence-electron chi connectivity index (χ3n) is 6.25. The van der Waals surface area contributed by atoms with Crippen molar-refractivity contribution < 1.29 is 19.1 Å². The van der Waals surface area contributed by atoms with E-state index in [0.717, 1.165) is 22.1 Å². The molecule has 0 radical (unpaired) electrons. The molecule has 0 fully saturated rings. The number of amides is 2. The lowest BCUT2D eigenvalue weighted by molar-refractivity contribution is -0.118. The predicted molar refractivity (Wildman–Crippen MR) is 186 cm³/mol. The minimum absolute atomic E-state index is 0.201. The molecule has 3 N–H and O–H groups in total. The first-order valence-electron chi connectivity index (χ1n) is 13.8. The van der Waals surface area contributed by atoms with Gasteiger partial charge in [0.2, 0.25) is 0 Å². The molecule has 1 heterocycles. The molecule has 4 aromatic carbocycles. The molecule has 234 valence electrons. The van der Waals surface area contributed by atoms with Crippen molar-refractivity contribution in [3.05, 3.63) is 117 Å². The van der Waals surface area contributed by atoms with Gasteiger partial charge in [-0.3, -0.25) is 9.59 Å². The third-order valence-corrected chi connectivity index (χ3v) is 7.87. The van der Waals surface area contributed by atoms with Gasteiger partial charge in [-0.05, 0) is 73.2 Å². The smallest absolute Gasteiger partial charge is 0.271 e. The number of nitrogens with one attached hydrogen (secondary N) is 3. The highest BCUT2D eigenvalue weighted by atomic mass is 35.5. The molecule has 2 amide bonds. The van der Waals surface area contributed by atoms with Crippen molar-refractivity contribution >= 4 is 80.7 Å². The molecule has 0 unspecified atom stereocenters. The summed E-state index contributed by atoms with van der Waals surface area (Å²) in [5.74, 6) is -0.299. The van der Waals surface area contributed by atoms with E-state index in [2.05, 4.69) is 26.1 Å². The SMILES string of the molecule is CCOc1cc(/C=N\NC(=O)c2ccc(-c3csc(Nc4ccc(Cl)cc4)n3)cc2)cc(Cl)c1OCC(=O)Nc1ccccc1Cl. The van der Waals surface area contributed by atoms with Crippen molar-refractivity contribution in [2.24, 2.45) is 5.10 Å². The van der Waals surface area contributed by atoms with Crippen LogP contribution >= 0.6 is 46.1 Å². The Balaban J connectivity index is 1.17. The quantitative estimate of drug-likeness (QED) is 0.0890. The molecule has 0 spiro atoms. The van der Waals surface area contributed by atoms with Crippen LogP contribution in [0.5, 0.6) is 11.5 Å². The van der Waals surface area contributed by atoms with E-state index < -0.39 is 11.8 Å². The minimum atomic E-state index is -0.421. The van der Waals surface area contributed by atoms with Gasteiger partial charge < -0.3 is 20.1 Å². The number of thiazole rings is 1. The van der Waals surface area contributed by atoms with Gasteiger partial charge in [0.15, 0.2) is 23.2 Å². The zero-order valence-electron chi connectivity index (χ0n) is 24.2. The van der Waals surface area contributed by atoms with Crippen molar-refractivity contribution in [1.29, 1.82) is 0 Å². The first-order chi connectivity index (χ1) is 22.3. The zero-order valence-corrected chi connectivity index (χ0v) is 27.3. The van der Waals surface area contributed by atoms with E-state index in [1.54, 1.807) is 67.6 Å². The van der Waals surface area contributed by atoms with Gasteiger partial charge in [0.25, 0.3) is 11.8 Å². The van der Waals surface area contributed by atoms with Gasteiger partial charge in [-0.15, -0.1) is 11.3 Å². The van der Waals surface area contributed by atoms with E-state index in [9.17, 15) is 9.59 Å². The summed E-state index contributed by atoms with van der Waals surface area (Å²) in [4.78, 5) is 29.8. The number of anilines is 3. The third kappa shape index (κ3) is 8.76. The van der Waals surface area contributed by atoms with Crippen LogP contribution in [-0.2, 0) is 4.79 Å². The van der Waals surface area contributed by atoms with Gasteiger partial charge in [-0.2, -0.15) is 5.10 Å². The van der Waals surface area contributed by atoms with Gasteiger partial charge in [0.1, 0.15) is 0 Å². The summed E-state index contributed by atoms with van der Waals surface area (Å²) >= 11 is 20.0. The van der Waals surface area contributed by atoms with Crippen molar-refractivity contribution in [3.63, 3.8) is 0 Å². The second-order valence-corrected chi connectivity index (χ2v) is 11.6. The average molecular weight is 695 g/mol. The van der Waals surface area contributed by atoms with Crippen LogP contribution in [0.2, 0.25) is 15.1 Å². The Labute approximate surface area is 284 Å². The van der Waals surface area contributed by atoms with E-state index in [0.29, 0.717) is 39.2 Å². The number of carbonyl (C=O) groups is 2. The Morgan fingerprint density at radius 2 is 1.70 bits per heavy atom. The molecule has 0 aliphatic carbocycles. The van der Waals surface area contributed by atoms with Crippen LogP contribution < -0.4 is 25.5 Å². The highest BCUT2D eigenvalue weighted by Crippen LogP contribution is 2.36. The van der Waals surface area contributed by atoms with Crippen LogP contribution in [0.3, 0.4) is 0 Å². The second kappa shape index (κ2) is 15.6. The predicted octanol–water partition coefficient (Wildman–Crippen LogP) is 8.69. The highest BCUT2D eigenvalue weighted by molar-refractivity contribution is 7.14. The summed E-state index contributed by atoms with van der Waals surface area (Å²) in [5.41, 5.74) is 6.47. The first kappa shape index (κ1) is 32.8. The molecule has 5 rings (SSSR count). The lowest BCUT2D eigenvalue weighted by Crippen LogP contribution is -2.20. The van der Waals surface area contributed by atoms with E-state index in [4.69, 9.17) is 44.3 Å². The summed E-state index contributed by atoms with van der Waals surface area (Å²) in [6.07, 6.45) is 1.43. The Morgan fingerprint density at radius 1 is 0.935 bits per heavy atom. The fraction of sp³-hybridized carbons (Fsp3) is 0.0909. The van der Waals surface area contributed by atoms with Gasteiger partial charge in [-0.25, -0.2) is 10.4 Å². The Bertz CT molecular complexity index is 1860. The fourth-order valence-corrected chi connectivity index (χ4v) is 5.42. The van der Waals surface area contributed by atoms with Crippen LogP contribution in [0, 0.1) is 0 Å². The molecule has 9 nitrogen and oxygen atoms in total. The largest absolute Gasteiger partial charge is 0.490 e. The average Bonchev–Trinajstić information content (AvgIpc) is 3.51. The molecule has 0 aliphatic heterocycles. The number of benzene rings is 4. The second-order valence-electron chi connectivity index (χ2n) is 9.53. The first-order valence-corrected chi connectivity index (χ1v) is 15.9. The maximum absolute atomic E-state index is 12.7. The fourth-order valence-electron chi connectivity index (χ4n) is 4.09. The maximum Gasteiger partial charge on any atom is 0.271 e. The topological polar surface area (TPSA) is 114 Å². The van der Waals surface area contributed by atoms with Crippen LogP contribution in [0.1, 0.15) is 22.8 Å². The maximum atomic E-state index is 12.7. The van der Waals surface area contributed by atoms with Gasteiger partial charge >= 0.3 is 0 Å². The summed E-state index contributed by atoms with van der Waals surface area (Å²) in [6.45, 7) is 1.81. The molecule has 13 heteroatoms.